The maximum atomic E-state index is 14.9. The second kappa shape index (κ2) is 18.9. The van der Waals surface area contributed by atoms with Crippen molar-refractivity contribution in [2.24, 2.45) is 11.8 Å². The monoisotopic (exact) mass is 693 g/mol. The molecular weight excluding hydrogens is 630 g/mol. The summed E-state index contributed by atoms with van der Waals surface area (Å²) in [6, 6.07) is 13.6. The quantitative estimate of drug-likeness (QED) is 0.173. The first-order chi connectivity index (χ1) is 23.2. The number of nitrogens with zero attached hydrogens (tertiary/aromatic N) is 1. The highest BCUT2D eigenvalue weighted by molar-refractivity contribution is 5.94. The number of carbonyl (C=O) groups excluding carboxylic acids is 4. The van der Waals surface area contributed by atoms with E-state index in [1.165, 1.54) is 0 Å². The third-order valence-electron chi connectivity index (χ3n) is 8.11. The van der Waals surface area contributed by atoms with Gasteiger partial charge < -0.3 is 25.0 Å². The molecule has 0 spiro atoms. The molecule has 9 heteroatoms. The molecule has 0 saturated heterocycles. The predicted octanol–water partition coefficient (Wildman–Crippen LogP) is 7.95. The smallest absolute Gasteiger partial charge is 0.408 e. The fourth-order valence-corrected chi connectivity index (χ4v) is 5.68. The van der Waals surface area contributed by atoms with E-state index in [0.717, 1.165) is 24.0 Å². The van der Waals surface area contributed by atoms with Crippen LogP contribution in [0, 0.1) is 11.8 Å². The lowest BCUT2D eigenvalue weighted by molar-refractivity contribution is -0.159. The van der Waals surface area contributed by atoms with Crippen molar-refractivity contribution in [1.82, 2.24) is 15.5 Å². The molecule has 0 radical (unpaired) electrons. The van der Waals surface area contributed by atoms with Gasteiger partial charge in [-0.2, -0.15) is 0 Å². The van der Waals surface area contributed by atoms with Crippen LogP contribution in [0.2, 0.25) is 0 Å². The minimum absolute atomic E-state index is 0.0465. The van der Waals surface area contributed by atoms with Gasteiger partial charge in [-0.05, 0) is 103 Å². The van der Waals surface area contributed by atoms with Gasteiger partial charge in [0.1, 0.15) is 29.3 Å². The third kappa shape index (κ3) is 14.5. The summed E-state index contributed by atoms with van der Waals surface area (Å²) in [7, 11) is 0. The van der Waals surface area contributed by atoms with Crippen LogP contribution in [0.25, 0.3) is 0 Å². The summed E-state index contributed by atoms with van der Waals surface area (Å²) in [5, 5.41) is 5.83. The Kier molecular flexibility index (Phi) is 16.0. The van der Waals surface area contributed by atoms with E-state index in [-0.39, 0.29) is 12.3 Å². The molecular formula is C41H63N3O6. The Morgan fingerprint density at radius 2 is 1.28 bits per heavy atom. The summed E-state index contributed by atoms with van der Waals surface area (Å²) in [6.07, 6.45) is 2.09. The Labute approximate surface area is 301 Å². The van der Waals surface area contributed by atoms with Gasteiger partial charge in [0.05, 0.1) is 0 Å². The second-order valence-corrected chi connectivity index (χ2v) is 16.2. The first-order valence-electron chi connectivity index (χ1n) is 18.2. The summed E-state index contributed by atoms with van der Waals surface area (Å²) in [5.41, 5.74) is 0.991. The van der Waals surface area contributed by atoms with Gasteiger partial charge >= 0.3 is 12.1 Å². The van der Waals surface area contributed by atoms with E-state index in [9.17, 15) is 19.2 Å². The molecule has 2 rings (SSSR count). The van der Waals surface area contributed by atoms with Gasteiger partial charge in [-0.1, -0.05) is 89.2 Å². The zero-order valence-corrected chi connectivity index (χ0v) is 32.6. The van der Waals surface area contributed by atoms with Crippen molar-refractivity contribution in [1.29, 1.82) is 0 Å². The Balaban J connectivity index is 2.73. The van der Waals surface area contributed by atoms with Crippen molar-refractivity contribution in [2.75, 3.05) is 0 Å². The van der Waals surface area contributed by atoms with Gasteiger partial charge in [0.25, 0.3) is 0 Å². The van der Waals surface area contributed by atoms with E-state index in [2.05, 4.69) is 31.4 Å². The van der Waals surface area contributed by atoms with Crippen LogP contribution < -0.4 is 10.6 Å². The zero-order valence-electron chi connectivity index (χ0n) is 32.6. The van der Waals surface area contributed by atoms with E-state index >= 15 is 0 Å². The summed E-state index contributed by atoms with van der Waals surface area (Å²) in [6.45, 7) is 22.8. The van der Waals surface area contributed by atoms with E-state index in [4.69, 9.17) is 9.47 Å². The molecule has 0 aliphatic heterocycles. The fourth-order valence-electron chi connectivity index (χ4n) is 5.68. The second-order valence-electron chi connectivity index (χ2n) is 16.2. The SMILES string of the molecule is CCc1ccc(C(C(=O)NC(Cc2ccccc2)C(=O)OC(C)(C)C)N(C(=O)C(CC(C)C)NC(=O)OC(C)(C)C)C(C)CCC(C)C)cc1. The summed E-state index contributed by atoms with van der Waals surface area (Å²) >= 11 is 0. The van der Waals surface area contributed by atoms with Crippen molar-refractivity contribution < 1.29 is 28.7 Å². The van der Waals surface area contributed by atoms with Crippen LogP contribution in [0.3, 0.4) is 0 Å². The summed E-state index contributed by atoms with van der Waals surface area (Å²) in [5.74, 6) is -1.06. The molecule has 4 atom stereocenters. The first kappa shape index (κ1) is 42.3. The topological polar surface area (TPSA) is 114 Å². The Hall–Kier alpha value is -3.88. The number of ether oxygens (including phenoxy) is 2. The van der Waals surface area contributed by atoms with Gasteiger partial charge in [0.15, 0.2) is 0 Å². The molecule has 0 aliphatic carbocycles. The van der Waals surface area contributed by atoms with Gasteiger partial charge in [-0.25, -0.2) is 9.59 Å². The van der Waals surface area contributed by atoms with Crippen molar-refractivity contribution in [3.63, 3.8) is 0 Å². The number of amides is 3. The van der Waals surface area contributed by atoms with Crippen molar-refractivity contribution in [3.05, 3.63) is 71.3 Å². The van der Waals surface area contributed by atoms with Crippen LogP contribution in [-0.2, 0) is 36.7 Å². The molecule has 2 N–H and O–H groups in total. The first-order valence-corrected chi connectivity index (χ1v) is 18.2. The van der Waals surface area contributed by atoms with Crippen molar-refractivity contribution >= 4 is 23.9 Å². The molecule has 0 heterocycles. The summed E-state index contributed by atoms with van der Waals surface area (Å²) < 4.78 is 11.3. The minimum atomic E-state index is -1.11. The molecule has 0 bridgehead atoms. The van der Waals surface area contributed by atoms with E-state index in [1.54, 1.807) is 46.4 Å². The maximum absolute atomic E-state index is 14.9. The number of nitrogens with one attached hydrogen (secondary N) is 2. The number of hydrogen-bond donors (Lipinski definition) is 2. The van der Waals surface area contributed by atoms with Crippen LogP contribution in [-0.4, -0.2) is 58.1 Å². The minimum Gasteiger partial charge on any atom is -0.458 e. The molecule has 0 aromatic heterocycles. The molecule has 0 saturated carbocycles. The Morgan fingerprint density at radius 1 is 0.700 bits per heavy atom. The van der Waals surface area contributed by atoms with Gasteiger partial charge in [-0.3, -0.25) is 9.59 Å². The number of benzene rings is 2. The number of aryl methyl sites for hydroxylation is 1. The maximum Gasteiger partial charge on any atom is 0.408 e. The Bertz CT molecular complexity index is 1380. The number of carbonyl (C=O) groups is 4. The van der Waals surface area contributed by atoms with Gasteiger partial charge in [-0.15, -0.1) is 0 Å². The molecule has 2 aromatic rings. The van der Waals surface area contributed by atoms with Crippen LogP contribution >= 0.6 is 0 Å². The number of alkyl carbamates (subject to hydrolysis) is 1. The highest BCUT2D eigenvalue weighted by Crippen LogP contribution is 2.29. The molecule has 0 fully saturated rings. The predicted molar refractivity (Wildman–Crippen MR) is 199 cm³/mol. The fraction of sp³-hybridized carbons (Fsp3) is 0.610. The molecule has 4 unspecified atom stereocenters. The van der Waals surface area contributed by atoms with E-state index < -0.39 is 59.2 Å². The van der Waals surface area contributed by atoms with Crippen LogP contribution in [0.1, 0.15) is 125 Å². The van der Waals surface area contributed by atoms with Crippen LogP contribution in [0.5, 0.6) is 0 Å². The lowest BCUT2D eigenvalue weighted by atomic mass is 9.94. The third-order valence-corrected chi connectivity index (χ3v) is 8.11. The zero-order chi connectivity index (χ0) is 37.8. The largest absolute Gasteiger partial charge is 0.458 e. The van der Waals surface area contributed by atoms with Crippen LogP contribution in [0.15, 0.2) is 54.6 Å². The average molecular weight is 694 g/mol. The van der Waals surface area contributed by atoms with Gasteiger partial charge in [0.2, 0.25) is 11.8 Å². The molecule has 278 valence electrons. The van der Waals surface area contributed by atoms with E-state index in [1.807, 2.05) is 75.4 Å². The van der Waals surface area contributed by atoms with E-state index in [0.29, 0.717) is 24.3 Å². The highest BCUT2D eigenvalue weighted by Gasteiger charge is 2.40. The van der Waals surface area contributed by atoms with Gasteiger partial charge in [0, 0.05) is 12.5 Å². The highest BCUT2D eigenvalue weighted by atomic mass is 16.6. The number of hydrogen-bond acceptors (Lipinski definition) is 6. The molecule has 9 nitrogen and oxygen atoms in total. The molecule has 3 amide bonds. The lowest BCUT2D eigenvalue weighted by Gasteiger charge is -2.39. The molecule has 2 aromatic carbocycles. The lowest BCUT2D eigenvalue weighted by Crippen LogP contribution is -2.57. The number of rotatable bonds is 16. The number of esters is 1. The molecule has 50 heavy (non-hydrogen) atoms. The standard InChI is InChI=1S/C41H63N3O6/c1-13-30-21-23-32(24-22-30)35(36(45)42-34(38(47)49-40(7,8)9)26-31-17-15-14-16-18-31)44(29(6)20-19-27(2)3)37(46)33(25-28(4)5)43-39(48)50-41(10,11)12/h14-18,21-24,27-29,33-35H,13,19-20,25-26H2,1-12H3,(H,42,45)(H,43,48). The normalized spacial score (nSPS) is 14.4. The Morgan fingerprint density at radius 3 is 1.78 bits per heavy atom. The summed E-state index contributed by atoms with van der Waals surface area (Å²) in [4.78, 5) is 58.0. The molecule has 0 aliphatic rings. The van der Waals surface area contributed by atoms with Crippen LogP contribution in [0.4, 0.5) is 4.79 Å². The van der Waals surface area contributed by atoms with Crippen molar-refractivity contribution in [3.8, 4) is 0 Å². The average Bonchev–Trinajstić information content (AvgIpc) is 3.00. The van der Waals surface area contributed by atoms with Crippen molar-refractivity contribution in [2.45, 2.75) is 151 Å².